The minimum atomic E-state index is -0.110. The lowest BCUT2D eigenvalue weighted by atomic mass is 10.0. The number of carbonyl (C=O) groups excluding carboxylic acids is 1. The molecule has 0 aliphatic carbocycles. The number of benzene rings is 1. The van der Waals surface area contributed by atoms with Crippen LogP contribution in [0.4, 0.5) is 10.8 Å². The number of fused-ring (bicyclic) bond motifs is 1. The van der Waals surface area contributed by atoms with Crippen LogP contribution in [0.15, 0.2) is 35.6 Å². The van der Waals surface area contributed by atoms with Crippen LogP contribution in [0, 0.1) is 5.92 Å². The highest BCUT2D eigenvalue weighted by Crippen LogP contribution is 2.35. The van der Waals surface area contributed by atoms with E-state index in [0.29, 0.717) is 23.0 Å². The molecule has 4 rings (SSSR count). The van der Waals surface area contributed by atoms with Gasteiger partial charge in [0.15, 0.2) is 10.8 Å². The largest absolute Gasteiger partial charge is 0.495 e. The predicted octanol–water partition coefficient (Wildman–Crippen LogP) is 4.06. The zero-order valence-corrected chi connectivity index (χ0v) is 18.1. The standard InChI is InChI=1S/C20H23N5O2S2/c1-13-6-5-9-25(10-13)20-24-18-17(29-20)19(22-12-21-18)28-11-16(26)23-14-7-3-4-8-15(14)27-2/h3-4,7-8,12-13H,5-6,9-11H2,1-2H3,(H,23,26). The van der Waals surface area contributed by atoms with Gasteiger partial charge in [0.25, 0.3) is 0 Å². The number of anilines is 2. The number of methoxy groups -OCH3 is 1. The Morgan fingerprint density at radius 3 is 3.07 bits per heavy atom. The molecule has 1 unspecified atom stereocenters. The Morgan fingerprint density at radius 2 is 2.24 bits per heavy atom. The molecule has 0 bridgehead atoms. The molecule has 2 aromatic heterocycles. The molecule has 1 aliphatic heterocycles. The summed E-state index contributed by atoms with van der Waals surface area (Å²) in [7, 11) is 1.59. The van der Waals surface area contributed by atoms with E-state index in [4.69, 9.17) is 9.72 Å². The van der Waals surface area contributed by atoms with E-state index in [0.717, 1.165) is 27.9 Å². The van der Waals surface area contributed by atoms with Crippen molar-refractivity contribution in [3.8, 4) is 5.75 Å². The second-order valence-electron chi connectivity index (χ2n) is 7.06. The second-order valence-corrected chi connectivity index (χ2v) is 9.00. The number of rotatable bonds is 6. The van der Waals surface area contributed by atoms with Gasteiger partial charge in [-0.15, -0.1) is 0 Å². The molecular formula is C20H23N5O2S2. The van der Waals surface area contributed by atoms with Gasteiger partial charge in [0.1, 0.15) is 21.8 Å². The molecule has 1 aromatic carbocycles. The Kier molecular flexibility index (Phi) is 6.15. The van der Waals surface area contributed by atoms with Gasteiger partial charge in [-0.25, -0.2) is 9.97 Å². The van der Waals surface area contributed by atoms with Crippen molar-refractivity contribution in [1.82, 2.24) is 15.0 Å². The summed E-state index contributed by atoms with van der Waals surface area (Å²) in [6, 6.07) is 7.36. The van der Waals surface area contributed by atoms with Gasteiger partial charge in [0, 0.05) is 13.1 Å². The first kappa shape index (κ1) is 19.9. The van der Waals surface area contributed by atoms with Gasteiger partial charge < -0.3 is 15.0 Å². The first-order valence-corrected chi connectivity index (χ1v) is 11.4. The van der Waals surface area contributed by atoms with E-state index in [1.807, 2.05) is 24.3 Å². The van der Waals surface area contributed by atoms with E-state index in [1.54, 1.807) is 18.4 Å². The van der Waals surface area contributed by atoms with Gasteiger partial charge in [-0.1, -0.05) is 42.2 Å². The highest BCUT2D eigenvalue weighted by molar-refractivity contribution is 8.00. The number of para-hydroxylation sites is 2. The number of nitrogens with zero attached hydrogens (tertiary/aromatic N) is 4. The maximum atomic E-state index is 12.4. The Hall–Kier alpha value is -2.39. The molecule has 0 saturated carbocycles. The number of ether oxygens (including phenoxy) is 1. The first-order valence-electron chi connectivity index (χ1n) is 9.56. The summed E-state index contributed by atoms with van der Waals surface area (Å²) < 4.78 is 6.22. The van der Waals surface area contributed by atoms with Crippen molar-refractivity contribution in [2.75, 3.05) is 36.2 Å². The number of amides is 1. The highest BCUT2D eigenvalue weighted by atomic mass is 32.2. The van der Waals surface area contributed by atoms with Crippen molar-refractivity contribution in [2.24, 2.45) is 5.92 Å². The van der Waals surface area contributed by atoms with Gasteiger partial charge in [-0.05, 0) is 30.9 Å². The topological polar surface area (TPSA) is 80.2 Å². The number of thiazole rings is 1. The Morgan fingerprint density at radius 1 is 1.38 bits per heavy atom. The molecule has 3 aromatic rings. The van der Waals surface area contributed by atoms with Crippen molar-refractivity contribution < 1.29 is 9.53 Å². The smallest absolute Gasteiger partial charge is 0.234 e. The summed E-state index contributed by atoms with van der Waals surface area (Å²) in [4.78, 5) is 28.2. The van der Waals surface area contributed by atoms with Crippen LogP contribution in [-0.2, 0) is 4.79 Å². The molecule has 1 atom stereocenters. The average Bonchev–Trinajstić information content (AvgIpc) is 3.18. The van der Waals surface area contributed by atoms with Crippen molar-refractivity contribution in [3.63, 3.8) is 0 Å². The van der Waals surface area contributed by atoms with Crippen LogP contribution < -0.4 is 15.0 Å². The van der Waals surface area contributed by atoms with Crippen molar-refractivity contribution in [3.05, 3.63) is 30.6 Å². The zero-order valence-electron chi connectivity index (χ0n) is 16.4. The maximum absolute atomic E-state index is 12.4. The molecule has 3 heterocycles. The Bertz CT molecular complexity index is 1010. The fourth-order valence-corrected chi connectivity index (χ4v) is 5.32. The molecule has 152 valence electrons. The highest BCUT2D eigenvalue weighted by Gasteiger charge is 2.21. The summed E-state index contributed by atoms with van der Waals surface area (Å²) in [5.74, 6) is 1.45. The van der Waals surface area contributed by atoms with Crippen LogP contribution in [0.5, 0.6) is 5.75 Å². The molecule has 29 heavy (non-hydrogen) atoms. The number of hydrogen-bond acceptors (Lipinski definition) is 8. The number of aromatic nitrogens is 3. The number of carbonyl (C=O) groups is 1. The molecule has 1 N–H and O–H groups in total. The molecular weight excluding hydrogens is 406 g/mol. The average molecular weight is 430 g/mol. The fourth-order valence-electron chi connectivity index (χ4n) is 3.39. The first-order chi connectivity index (χ1) is 14.1. The van der Waals surface area contributed by atoms with E-state index in [1.165, 1.54) is 30.9 Å². The maximum Gasteiger partial charge on any atom is 0.234 e. The van der Waals surface area contributed by atoms with Crippen LogP contribution in [0.25, 0.3) is 10.3 Å². The van der Waals surface area contributed by atoms with Gasteiger partial charge in [-0.3, -0.25) is 4.79 Å². The van der Waals surface area contributed by atoms with Crippen molar-refractivity contribution >= 4 is 50.2 Å². The third-order valence-electron chi connectivity index (χ3n) is 4.80. The molecule has 1 fully saturated rings. The summed E-state index contributed by atoms with van der Waals surface area (Å²) >= 11 is 3.01. The molecule has 7 nitrogen and oxygen atoms in total. The Labute approximate surface area is 177 Å². The fraction of sp³-hybridized carbons (Fsp3) is 0.400. The quantitative estimate of drug-likeness (QED) is 0.467. The van der Waals surface area contributed by atoms with E-state index in [-0.39, 0.29) is 11.7 Å². The SMILES string of the molecule is COc1ccccc1NC(=O)CSc1ncnc2nc(N3CCCC(C)C3)sc12. The van der Waals surface area contributed by atoms with E-state index in [9.17, 15) is 4.79 Å². The lowest BCUT2D eigenvalue weighted by Gasteiger charge is -2.30. The number of piperidine rings is 1. The monoisotopic (exact) mass is 429 g/mol. The van der Waals surface area contributed by atoms with Crippen LogP contribution in [0.2, 0.25) is 0 Å². The van der Waals surface area contributed by atoms with E-state index < -0.39 is 0 Å². The molecule has 1 amide bonds. The number of thioether (sulfide) groups is 1. The summed E-state index contributed by atoms with van der Waals surface area (Å²) in [5.41, 5.74) is 1.36. The third-order valence-corrected chi connectivity index (χ3v) is 7.03. The molecule has 0 spiro atoms. The molecule has 0 radical (unpaired) electrons. The van der Waals surface area contributed by atoms with Gasteiger partial charge in [0.05, 0.1) is 18.6 Å². The molecule has 1 aliphatic rings. The van der Waals surface area contributed by atoms with E-state index >= 15 is 0 Å². The van der Waals surface area contributed by atoms with Crippen LogP contribution in [-0.4, -0.2) is 46.8 Å². The minimum absolute atomic E-state index is 0.110. The second kappa shape index (κ2) is 8.96. The van der Waals surface area contributed by atoms with Gasteiger partial charge >= 0.3 is 0 Å². The van der Waals surface area contributed by atoms with Gasteiger partial charge in [-0.2, -0.15) is 4.98 Å². The number of nitrogens with one attached hydrogen (secondary N) is 1. The Balaban J connectivity index is 1.46. The third kappa shape index (κ3) is 4.62. The summed E-state index contributed by atoms with van der Waals surface area (Å²) in [6.45, 7) is 4.33. The van der Waals surface area contributed by atoms with Crippen molar-refractivity contribution in [1.29, 1.82) is 0 Å². The number of hydrogen-bond donors (Lipinski definition) is 1. The lowest BCUT2D eigenvalue weighted by molar-refractivity contribution is -0.113. The van der Waals surface area contributed by atoms with Crippen LogP contribution in [0.3, 0.4) is 0 Å². The van der Waals surface area contributed by atoms with Crippen LogP contribution >= 0.6 is 23.1 Å². The van der Waals surface area contributed by atoms with E-state index in [2.05, 4.69) is 27.1 Å². The zero-order chi connectivity index (χ0) is 20.2. The lowest BCUT2D eigenvalue weighted by Crippen LogP contribution is -2.34. The summed E-state index contributed by atoms with van der Waals surface area (Å²) in [5, 5.41) is 4.68. The van der Waals surface area contributed by atoms with Crippen molar-refractivity contribution in [2.45, 2.75) is 24.8 Å². The summed E-state index contributed by atoms with van der Waals surface area (Å²) in [6.07, 6.45) is 3.97. The normalized spacial score (nSPS) is 16.8. The minimum Gasteiger partial charge on any atom is -0.495 e. The molecule has 1 saturated heterocycles. The van der Waals surface area contributed by atoms with Gasteiger partial charge in [0.2, 0.25) is 5.91 Å². The van der Waals surface area contributed by atoms with Crippen LogP contribution in [0.1, 0.15) is 19.8 Å². The predicted molar refractivity (Wildman–Crippen MR) is 118 cm³/mol. The molecule has 9 heteroatoms.